The van der Waals surface area contributed by atoms with Gasteiger partial charge in [-0.3, -0.25) is 0 Å². The molecule has 14 rings (SSSR count). The van der Waals surface area contributed by atoms with Crippen molar-refractivity contribution in [3.05, 3.63) is 410 Å². The fourth-order valence-electron chi connectivity index (χ4n) is 11.3. The topological polar surface area (TPSA) is 58.9 Å². The molecule has 35 heteroatoms. The Morgan fingerprint density at radius 1 is 0.273 bits per heavy atom. The number of benzene rings is 14. The lowest BCUT2D eigenvalue weighted by molar-refractivity contribution is 0.450. The summed E-state index contributed by atoms with van der Waals surface area (Å²) in [5.41, 5.74) is 6.91. The lowest BCUT2D eigenvalue weighted by Gasteiger charge is -2.08. The third kappa shape index (κ3) is 41.1. The summed E-state index contributed by atoms with van der Waals surface area (Å²) < 4.78 is 199. The summed E-state index contributed by atoms with van der Waals surface area (Å²) in [6.07, 6.45) is 8.88. The molecule has 2 radical (unpaired) electrons. The van der Waals surface area contributed by atoms with Crippen molar-refractivity contribution in [3.8, 4) is 67.1 Å². The van der Waals surface area contributed by atoms with Crippen LogP contribution in [0, 0.1) is 92.2 Å². The minimum Gasteiger partial charge on any atom is -0.537 e. The Labute approximate surface area is 873 Å². The van der Waals surface area contributed by atoms with Crippen LogP contribution in [0.2, 0.25) is 40.2 Å². The van der Waals surface area contributed by atoms with Crippen LogP contribution in [-0.4, -0.2) is 25.4 Å². The van der Waals surface area contributed by atoms with Crippen molar-refractivity contribution in [3.63, 3.8) is 0 Å². The molecular weight excluding hydrogens is 2500 g/mol. The predicted octanol–water partition coefficient (Wildman–Crippen LogP) is 38.0. The van der Waals surface area contributed by atoms with E-state index in [9.17, 15) is 61.5 Å². The van der Waals surface area contributed by atoms with Crippen molar-refractivity contribution in [2.45, 2.75) is 86.0 Å². The van der Waals surface area contributed by atoms with E-state index in [0.717, 1.165) is 103 Å². The van der Waals surface area contributed by atoms with Gasteiger partial charge in [-0.15, -0.1) is 0 Å². The van der Waals surface area contributed by atoms with Crippen LogP contribution >= 0.6 is 224 Å². The number of halogens is 29. The Kier molecular flexibility index (Phi) is 53.1. The van der Waals surface area contributed by atoms with Crippen molar-refractivity contribution in [1.82, 2.24) is 0 Å². The first-order valence-corrected chi connectivity index (χ1v) is 47.9. The summed E-state index contributed by atoms with van der Waals surface area (Å²) in [5, 5.41) is 18.6. The number of rotatable bonds is 18. The van der Waals surface area contributed by atoms with Gasteiger partial charge in [0.05, 0.1) is 17.2 Å². The summed E-state index contributed by atoms with van der Waals surface area (Å²) in [5.74, 6) is -5.32. The SMILES string of the molecule is C.CCCCc1ccc(-c2cc(F)c(I)c(Cl)c2)c(F)c1.CCCCc1ccc(-c2cc(F)c(I)c(Cl)c2)c(F)c1.CCCCc1ccc(-c2cc(F)cc(Cl)c2)c(F)c1.Fc1cc(Br)ccc1I.Fc1cc(Cl)cc(-c2ccc(Br)cc2F)c1.Fc1cc(Cl)cc(-c2ccc(Br)cc2F)c1.Fc1cc(Cl)cc(Br)c1.O[B]Oc1cc(F)cc(Cl)c1.O[B]Oc1cc(F)cc(Cl)c1. The summed E-state index contributed by atoms with van der Waals surface area (Å²) in [7, 11) is 0.927. The van der Waals surface area contributed by atoms with E-state index in [1.165, 1.54) is 121 Å². The first kappa shape index (κ1) is 117. The Morgan fingerprint density at radius 2 is 0.530 bits per heavy atom. The third-order valence-electron chi connectivity index (χ3n) is 17.3. The van der Waals surface area contributed by atoms with Crippen LogP contribution in [0.15, 0.2) is 261 Å². The Hall–Kier alpha value is -5.82. The van der Waals surface area contributed by atoms with Crippen LogP contribution in [0.1, 0.15) is 83.4 Å². The van der Waals surface area contributed by atoms with E-state index in [4.69, 9.17) is 103 Å². The molecule has 0 aromatic heterocycles. The average molecular weight is 2570 g/mol. The van der Waals surface area contributed by atoms with Crippen molar-refractivity contribution in [2.75, 3.05) is 0 Å². The predicted molar refractivity (Wildman–Crippen MR) is 553 cm³/mol. The monoisotopic (exact) mass is 2570 g/mol. The molecule has 0 unspecified atom stereocenters. The molecule has 0 aliphatic rings. The van der Waals surface area contributed by atoms with Crippen LogP contribution in [-0.2, 0) is 19.3 Å². The van der Waals surface area contributed by atoms with Crippen LogP contribution in [0.25, 0.3) is 55.6 Å². The second-order valence-corrected chi connectivity index (χ2v) is 37.7. The maximum absolute atomic E-state index is 14.2. The smallest absolute Gasteiger partial charge is 0.537 e. The minimum atomic E-state index is -0.505. The molecule has 0 bridgehead atoms. The van der Waals surface area contributed by atoms with Gasteiger partial charge in [-0.25, -0.2) is 61.5 Å². The molecule has 694 valence electrons. The molecule has 4 nitrogen and oxygen atoms in total. The maximum Gasteiger partial charge on any atom is 0.569 e. The number of aryl methyl sites for hydroxylation is 3. The van der Waals surface area contributed by atoms with E-state index in [2.05, 4.69) is 93.8 Å². The highest BCUT2D eigenvalue weighted by Crippen LogP contribution is 2.37. The van der Waals surface area contributed by atoms with E-state index in [-0.39, 0.29) is 73.1 Å². The molecule has 0 atom stereocenters. The van der Waals surface area contributed by atoms with Crippen LogP contribution in [0.3, 0.4) is 0 Å². The van der Waals surface area contributed by atoms with Gasteiger partial charge in [-0.2, -0.15) is 0 Å². The lowest BCUT2D eigenvalue weighted by atomic mass is 10.0. The number of hydrogen-bond donors (Lipinski definition) is 2. The van der Waals surface area contributed by atoms with E-state index >= 15 is 0 Å². The van der Waals surface area contributed by atoms with Gasteiger partial charge in [0, 0.05) is 91.5 Å². The van der Waals surface area contributed by atoms with E-state index in [1.54, 1.807) is 72.8 Å². The van der Waals surface area contributed by atoms with Gasteiger partial charge in [0.15, 0.2) is 0 Å². The summed E-state index contributed by atoms with van der Waals surface area (Å²) >= 11 is 63.7. The first-order chi connectivity index (χ1) is 62.1. The van der Waals surface area contributed by atoms with Gasteiger partial charge in [-0.05, 0) is 333 Å². The second-order valence-electron chi connectivity index (χ2n) is 27.3. The van der Waals surface area contributed by atoms with Gasteiger partial charge < -0.3 is 19.4 Å². The average Bonchev–Trinajstić information content (AvgIpc) is 0.812. The van der Waals surface area contributed by atoms with Gasteiger partial charge >= 0.3 is 15.4 Å². The largest absolute Gasteiger partial charge is 0.569 e. The third-order valence-corrected chi connectivity index (χ3v) is 24.8. The molecule has 0 saturated heterocycles. The molecule has 0 aliphatic heterocycles. The van der Waals surface area contributed by atoms with Crippen molar-refractivity contribution in [1.29, 1.82) is 0 Å². The van der Waals surface area contributed by atoms with Gasteiger partial charge in [-0.1, -0.05) is 253 Å². The highest BCUT2D eigenvalue weighted by molar-refractivity contribution is 14.1. The molecular formula is C97H73B2Br4Cl8F14I3O4. The molecule has 0 aliphatic carbocycles. The highest BCUT2D eigenvalue weighted by atomic mass is 127. The van der Waals surface area contributed by atoms with Crippen LogP contribution in [0.4, 0.5) is 61.5 Å². The lowest BCUT2D eigenvalue weighted by Crippen LogP contribution is -1.99. The standard InChI is InChI=1S/2C16H14ClF2I.C16H15ClF2.2C12H6BrClF2.2C6H4BClFO2.C6H3BrClF.C6H3BrFI.CH4/c2*1-2-3-4-10-5-6-12(14(18)7-10)11-8-13(17)16(20)15(19)9-11;1-2-3-4-11-5-6-15(16(19)7-11)12-8-13(17)10-14(18)9-12;2*13-8-1-2-11(12(16)5-8)7-3-9(14)6-10(15)4-7;2*8-4-1-5(9)3-6(2-4)11-7-10;7-4-1-5(8)3-6(9)2-4;7-4-1-2-6(9)5(8)3-4;/h2*5-9H,2-4H2,1H3;5-10H,2-4H2,1H3;2*1-6H;2*1-3,10H;2*1-3H;1H4. The summed E-state index contributed by atoms with van der Waals surface area (Å²) in [6, 6.07) is 58.8. The van der Waals surface area contributed by atoms with Gasteiger partial charge in [0.2, 0.25) is 0 Å². The van der Waals surface area contributed by atoms with Crippen LogP contribution in [0.5, 0.6) is 11.5 Å². The zero-order chi connectivity index (χ0) is 96.9. The highest BCUT2D eigenvalue weighted by Gasteiger charge is 2.17. The molecule has 0 saturated carbocycles. The van der Waals surface area contributed by atoms with Gasteiger partial charge in [0.1, 0.15) is 92.9 Å². The van der Waals surface area contributed by atoms with E-state index in [1.807, 2.05) is 92.0 Å². The maximum atomic E-state index is 14.2. The van der Waals surface area contributed by atoms with Crippen molar-refractivity contribution >= 4 is 240 Å². The summed E-state index contributed by atoms with van der Waals surface area (Å²) in [4.78, 5) is 0. The Balaban J connectivity index is 0.000000266. The molecule has 14 aromatic rings. The quantitative estimate of drug-likeness (QED) is 0.0296. The molecule has 0 fully saturated rings. The van der Waals surface area contributed by atoms with E-state index in [0.29, 0.717) is 110 Å². The van der Waals surface area contributed by atoms with E-state index < -0.39 is 52.4 Å². The summed E-state index contributed by atoms with van der Waals surface area (Å²) in [6.45, 7) is 6.29. The zero-order valence-electron chi connectivity index (χ0n) is 68.3. The fraction of sp³-hybridized carbons (Fsp3) is 0.134. The molecule has 0 spiro atoms. The fourth-order valence-corrected chi connectivity index (χ4v) is 15.6. The van der Waals surface area contributed by atoms with Crippen molar-refractivity contribution in [2.24, 2.45) is 0 Å². The Morgan fingerprint density at radius 3 is 0.773 bits per heavy atom. The normalized spacial score (nSPS) is 10.3. The molecule has 132 heavy (non-hydrogen) atoms. The minimum absolute atomic E-state index is 0. The molecule has 0 heterocycles. The molecule has 2 N–H and O–H groups in total. The Bertz CT molecular complexity index is 5700. The number of unbranched alkanes of at least 4 members (excludes halogenated alkanes) is 3. The first-order valence-electron chi connectivity index (χ1n) is 38.4. The van der Waals surface area contributed by atoms with Crippen LogP contribution < -0.4 is 9.31 Å². The molecule has 14 aromatic carbocycles. The van der Waals surface area contributed by atoms with Crippen molar-refractivity contribution < 1.29 is 80.8 Å². The molecule has 0 amide bonds. The zero-order valence-corrected chi connectivity index (χ0v) is 87.1. The van der Waals surface area contributed by atoms with Gasteiger partial charge in [0.25, 0.3) is 0 Å². The number of hydrogen-bond acceptors (Lipinski definition) is 4. The second kappa shape index (κ2) is 60.1.